The van der Waals surface area contributed by atoms with Gasteiger partial charge in [-0.1, -0.05) is 58.4 Å². The monoisotopic (exact) mass is 440 g/mol. The number of benzene rings is 2. The van der Waals surface area contributed by atoms with Gasteiger partial charge >= 0.3 is 0 Å². The number of aromatic nitrogens is 2. The van der Waals surface area contributed by atoms with Crippen LogP contribution in [0.5, 0.6) is 0 Å². The fraction of sp³-hybridized carbons (Fsp3) is 0.227. The molecule has 0 fully saturated rings. The number of likely N-dealkylation sites (N-methyl/N-ethyl adjacent to an activating group) is 1. The lowest BCUT2D eigenvalue weighted by molar-refractivity contribution is 0.0984. The zero-order valence-corrected chi connectivity index (χ0v) is 18.5. The predicted molar refractivity (Wildman–Crippen MR) is 122 cm³/mol. The molecule has 8 heteroatoms. The molecule has 0 N–H and O–H groups in total. The molecule has 2 aromatic heterocycles. The highest BCUT2D eigenvalue weighted by Gasteiger charge is 2.29. The molecule has 0 atom stereocenters. The Bertz CT molecular complexity index is 1170. The number of hydrogen-bond acceptors (Lipinski definition) is 6. The summed E-state index contributed by atoms with van der Waals surface area (Å²) >= 11 is 7.87. The number of carbonyl (C=O) groups is 1. The molecule has 0 aliphatic heterocycles. The van der Waals surface area contributed by atoms with Gasteiger partial charge in [0.15, 0.2) is 5.13 Å². The number of rotatable bonds is 6. The summed E-state index contributed by atoms with van der Waals surface area (Å²) in [6.45, 7) is 2.91. The molecule has 0 radical (unpaired) electrons. The molecule has 0 saturated carbocycles. The molecule has 0 aliphatic carbocycles. The quantitative estimate of drug-likeness (QED) is 0.416. The van der Waals surface area contributed by atoms with Crippen LogP contribution in [0, 0.1) is 6.92 Å². The van der Waals surface area contributed by atoms with E-state index in [4.69, 9.17) is 21.1 Å². The van der Waals surface area contributed by atoms with Gasteiger partial charge in [-0.3, -0.25) is 9.69 Å². The number of hydrogen-bond donors (Lipinski definition) is 0. The van der Waals surface area contributed by atoms with Crippen molar-refractivity contribution in [1.82, 2.24) is 15.0 Å². The van der Waals surface area contributed by atoms with E-state index in [1.807, 2.05) is 61.5 Å². The topological polar surface area (TPSA) is 62.5 Å². The molecule has 0 saturated heterocycles. The summed E-state index contributed by atoms with van der Waals surface area (Å²) in [5.41, 5.74) is 2.38. The Morgan fingerprint density at radius 2 is 1.83 bits per heavy atom. The maximum atomic E-state index is 13.8. The molecule has 2 aromatic carbocycles. The van der Waals surface area contributed by atoms with Crippen LogP contribution in [-0.4, -0.2) is 48.1 Å². The lowest BCUT2D eigenvalue weighted by Crippen LogP contribution is -2.37. The largest absolute Gasteiger partial charge is 0.360 e. The van der Waals surface area contributed by atoms with Crippen LogP contribution in [-0.2, 0) is 0 Å². The van der Waals surface area contributed by atoms with E-state index in [0.717, 1.165) is 10.2 Å². The lowest BCUT2D eigenvalue weighted by atomic mass is 10.1. The number of anilines is 1. The van der Waals surface area contributed by atoms with Gasteiger partial charge in [-0.2, -0.15) is 0 Å². The van der Waals surface area contributed by atoms with Crippen LogP contribution >= 0.6 is 22.9 Å². The van der Waals surface area contributed by atoms with Crippen molar-refractivity contribution in [1.29, 1.82) is 0 Å². The van der Waals surface area contributed by atoms with Crippen molar-refractivity contribution in [3.05, 3.63) is 64.9 Å². The standard InChI is InChI=1S/C22H21ClN4O2S/c1-14-19(20(25-29-14)15-8-4-5-9-16(15)23)21(28)27(13-12-26(2)3)22-24-17-10-6-7-11-18(17)30-22/h4-11H,12-13H2,1-3H3. The van der Waals surface area contributed by atoms with Crippen LogP contribution in [0.2, 0.25) is 5.02 Å². The van der Waals surface area contributed by atoms with E-state index in [-0.39, 0.29) is 5.91 Å². The van der Waals surface area contributed by atoms with E-state index < -0.39 is 0 Å². The lowest BCUT2D eigenvalue weighted by Gasteiger charge is -2.22. The minimum absolute atomic E-state index is 0.204. The first-order valence-corrected chi connectivity index (χ1v) is 10.7. The second-order valence-corrected chi connectivity index (χ2v) is 8.58. The average Bonchev–Trinajstić information content (AvgIpc) is 3.31. The number of halogens is 1. The first kappa shape index (κ1) is 20.5. The summed E-state index contributed by atoms with van der Waals surface area (Å²) in [5.74, 6) is 0.246. The third kappa shape index (κ3) is 3.96. The first-order chi connectivity index (χ1) is 14.5. The van der Waals surface area contributed by atoms with Gasteiger partial charge in [0, 0.05) is 18.7 Å². The SMILES string of the molecule is Cc1onc(-c2ccccc2Cl)c1C(=O)N(CCN(C)C)c1nc2ccccc2s1. The molecular weight excluding hydrogens is 420 g/mol. The number of nitrogens with zero attached hydrogens (tertiary/aromatic N) is 4. The second-order valence-electron chi connectivity index (χ2n) is 7.17. The maximum absolute atomic E-state index is 13.8. The Hall–Kier alpha value is -2.74. The second kappa shape index (κ2) is 8.55. The van der Waals surface area contributed by atoms with E-state index in [9.17, 15) is 4.79 Å². The van der Waals surface area contributed by atoms with E-state index >= 15 is 0 Å². The highest BCUT2D eigenvalue weighted by atomic mass is 35.5. The molecule has 30 heavy (non-hydrogen) atoms. The van der Waals surface area contributed by atoms with Crippen LogP contribution in [0.15, 0.2) is 53.1 Å². The minimum Gasteiger partial charge on any atom is -0.360 e. The van der Waals surface area contributed by atoms with Crippen molar-refractivity contribution in [3.63, 3.8) is 0 Å². The van der Waals surface area contributed by atoms with Gasteiger partial charge < -0.3 is 9.42 Å². The smallest absolute Gasteiger partial charge is 0.266 e. The highest BCUT2D eigenvalue weighted by Crippen LogP contribution is 2.34. The molecule has 4 aromatic rings. The molecular formula is C22H21ClN4O2S. The molecule has 2 heterocycles. The van der Waals surface area contributed by atoms with Gasteiger partial charge in [-0.25, -0.2) is 4.98 Å². The summed E-state index contributed by atoms with van der Waals surface area (Å²) in [6, 6.07) is 15.2. The van der Waals surface area contributed by atoms with Crippen molar-refractivity contribution >= 4 is 44.2 Å². The van der Waals surface area contributed by atoms with E-state index in [2.05, 4.69) is 5.16 Å². The maximum Gasteiger partial charge on any atom is 0.266 e. The van der Waals surface area contributed by atoms with E-state index in [1.165, 1.54) is 11.3 Å². The van der Waals surface area contributed by atoms with Gasteiger partial charge in [0.2, 0.25) is 0 Å². The van der Waals surface area contributed by atoms with Gasteiger partial charge in [-0.15, -0.1) is 0 Å². The average molecular weight is 441 g/mol. The van der Waals surface area contributed by atoms with E-state index in [0.29, 0.717) is 45.8 Å². The number of fused-ring (bicyclic) bond motifs is 1. The number of thiazole rings is 1. The van der Waals surface area contributed by atoms with Crippen molar-refractivity contribution < 1.29 is 9.32 Å². The Morgan fingerprint density at radius 3 is 2.57 bits per heavy atom. The van der Waals surface area contributed by atoms with E-state index in [1.54, 1.807) is 17.9 Å². The summed E-state index contributed by atoms with van der Waals surface area (Å²) in [7, 11) is 3.95. The fourth-order valence-corrected chi connectivity index (χ4v) is 4.37. The van der Waals surface area contributed by atoms with Crippen molar-refractivity contribution in [2.75, 3.05) is 32.1 Å². The summed E-state index contributed by atoms with van der Waals surface area (Å²) in [4.78, 5) is 22.2. The van der Waals surface area contributed by atoms with Crippen LogP contribution in [0.3, 0.4) is 0 Å². The number of carbonyl (C=O) groups excluding carboxylic acids is 1. The Balaban J connectivity index is 1.79. The molecule has 1 amide bonds. The van der Waals surface area contributed by atoms with Gasteiger partial charge in [-0.05, 0) is 39.2 Å². The van der Waals surface area contributed by atoms with Crippen molar-refractivity contribution in [3.8, 4) is 11.3 Å². The van der Waals surface area contributed by atoms with Crippen LogP contribution in [0.4, 0.5) is 5.13 Å². The van der Waals surface area contributed by atoms with Crippen LogP contribution in [0.25, 0.3) is 21.5 Å². The van der Waals surface area contributed by atoms with Gasteiger partial charge in [0.1, 0.15) is 17.0 Å². The Morgan fingerprint density at radius 1 is 1.10 bits per heavy atom. The highest BCUT2D eigenvalue weighted by molar-refractivity contribution is 7.22. The molecule has 0 spiro atoms. The first-order valence-electron chi connectivity index (χ1n) is 9.49. The number of aryl methyl sites for hydroxylation is 1. The normalized spacial score (nSPS) is 11.4. The summed E-state index contributed by atoms with van der Waals surface area (Å²) in [5, 5.41) is 5.31. The molecule has 154 valence electrons. The van der Waals surface area contributed by atoms with Gasteiger partial charge in [0.05, 0.1) is 15.2 Å². The third-order valence-electron chi connectivity index (χ3n) is 4.74. The van der Waals surface area contributed by atoms with Crippen LogP contribution < -0.4 is 4.90 Å². The molecule has 0 aliphatic rings. The summed E-state index contributed by atoms with van der Waals surface area (Å²) < 4.78 is 6.44. The molecule has 4 rings (SSSR count). The van der Waals surface area contributed by atoms with Crippen molar-refractivity contribution in [2.24, 2.45) is 0 Å². The number of para-hydroxylation sites is 1. The molecule has 0 bridgehead atoms. The summed E-state index contributed by atoms with van der Waals surface area (Å²) in [6.07, 6.45) is 0. The van der Waals surface area contributed by atoms with Crippen molar-refractivity contribution in [2.45, 2.75) is 6.92 Å². The molecule has 6 nitrogen and oxygen atoms in total. The Labute approximate surface area is 183 Å². The molecule has 0 unspecified atom stereocenters. The zero-order chi connectivity index (χ0) is 21.3. The fourth-order valence-electron chi connectivity index (χ4n) is 3.16. The zero-order valence-electron chi connectivity index (χ0n) is 16.9. The predicted octanol–water partition coefficient (Wildman–Crippen LogP) is 5.12. The number of amides is 1. The third-order valence-corrected chi connectivity index (χ3v) is 6.12. The van der Waals surface area contributed by atoms with Gasteiger partial charge in [0.25, 0.3) is 5.91 Å². The Kier molecular flexibility index (Phi) is 5.85. The minimum atomic E-state index is -0.204. The van der Waals surface area contributed by atoms with Crippen LogP contribution in [0.1, 0.15) is 16.1 Å².